The highest BCUT2D eigenvalue weighted by Gasteiger charge is 2.07. The lowest BCUT2D eigenvalue weighted by Gasteiger charge is -2.14. The number of benzene rings is 1. The van der Waals surface area contributed by atoms with E-state index in [-0.39, 0.29) is 6.61 Å². The molecule has 0 aliphatic carbocycles. The number of aryl methyl sites for hydroxylation is 1. The fraction of sp³-hybridized carbons (Fsp3) is 0.400. The molecule has 2 rings (SSSR count). The first-order valence-corrected chi connectivity index (χ1v) is 7.76. The van der Waals surface area contributed by atoms with Crippen LogP contribution in [0.2, 0.25) is 10.0 Å². The number of hydrogen-bond acceptors (Lipinski definition) is 4. The SMILES string of the molecule is Cc1cnn(CCNC[C@@H](O)COc2ccc(Cl)cc2Cl)c1. The van der Waals surface area contributed by atoms with Crippen LogP contribution in [0.5, 0.6) is 5.75 Å². The number of aliphatic hydroxyl groups excluding tert-OH is 1. The van der Waals surface area contributed by atoms with Crippen molar-refractivity contribution in [2.24, 2.45) is 0 Å². The van der Waals surface area contributed by atoms with Gasteiger partial charge in [-0.05, 0) is 30.7 Å². The van der Waals surface area contributed by atoms with Crippen molar-refractivity contribution in [3.8, 4) is 5.75 Å². The van der Waals surface area contributed by atoms with Crippen molar-refractivity contribution in [2.45, 2.75) is 19.6 Å². The Morgan fingerprint density at radius 3 is 2.91 bits per heavy atom. The summed E-state index contributed by atoms with van der Waals surface area (Å²) in [6.07, 6.45) is 3.17. The maximum Gasteiger partial charge on any atom is 0.138 e. The second-order valence-electron chi connectivity index (χ2n) is 5.02. The molecule has 1 aromatic carbocycles. The molecule has 1 aromatic heterocycles. The van der Waals surface area contributed by atoms with Crippen LogP contribution in [0, 0.1) is 6.92 Å². The first-order chi connectivity index (χ1) is 10.5. The van der Waals surface area contributed by atoms with Crippen LogP contribution in [0.3, 0.4) is 0 Å². The van der Waals surface area contributed by atoms with E-state index in [1.807, 2.05) is 24.0 Å². The number of aromatic nitrogens is 2. The summed E-state index contributed by atoms with van der Waals surface area (Å²) in [7, 11) is 0. The number of ether oxygens (including phenoxy) is 1. The van der Waals surface area contributed by atoms with Crippen LogP contribution in [0.15, 0.2) is 30.6 Å². The Morgan fingerprint density at radius 1 is 1.41 bits per heavy atom. The predicted octanol–water partition coefficient (Wildman–Crippen LogP) is 2.53. The van der Waals surface area contributed by atoms with Gasteiger partial charge in [-0.3, -0.25) is 4.68 Å². The summed E-state index contributed by atoms with van der Waals surface area (Å²) in [5.41, 5.74) is 1.13. The van der Waals surface area contributed by atoms with Gasteiger partial charge in [0.1, 0.15) is 18.5 Å². The van der Waals surface area contributed by atoms with Gasteiger partial charge in [0.25, 0.3) is 0 Å². The molecule has 2 N–H and O–H groups in total. The Balaban J connectivity index is 1.64. The molecule has 0 bridgehead atoms. The highest BCUT2D eigenvalue weighted by atomic mass is 35.5. The molecule has 0 amide bonds. The lowest BCUT2D eigenvalue weighted by atomic mass is 10.3. The smallest absolute Gasteiger partial charge is 0.138 e. The Kier molecular flexibility index (Phi) is 6.51. The van der Waals surface area contributed by atoms with Gasteiger partial charge in [0.15, 0.2) is 0 Å². The highest BCUT2D eigenvalue weighted by molar-refractivity contribution is 6.35. The summed E-state index contributed by atoms with van der Waals surface area (Å²) >= 11 is 11.8. The lowest BCUT2D eigenvalue weighted by molar-refractivity contribution is 0.106. The topological polar surface area (TPSA) is 59.3 Å². The number of rotatable bonds is 8. The average Bonchev–Trinajstić information content (AvgIpc) is 2.88. The number of nitrogens with one attached hydrogen (secondary N) is 1. The third-order valence-electron chi connectivity index (χ3n) is 2.99. The van der Waals surface area contributed by atoms with Crippen LogP contribution in [0.1, 0.15) is 5.56 Å². The van der Waals surface area contributed by atoms with E-state index in [1.54, 1.807) is 18.2 Å². The maximum absolute atomic E-state index is 9.88. The molecule has 1 atom stereocenters. The Hall–Kier alpha value is -1.27. The number of aliphatic hydroxyl groups is 1. The lowest BCUT2D eigenvalue weighted by Crippen LogP contribution is -2.33. The van der Waals surface area contributed by atoms with Crippen molar-refractivity contribution >= 4 is 23.2 Å². The van der Waals surface area contributed by atoms with Crippen LogP contribution in [-0.4, -0.2) is 40.7 Å². The maximum atomic E-state index is 9.88. The van der Waals surface area contributed by atoms with E-state index in [9.17, 15) is 5.11 Å². The van der Waals surface area contributed by atoms with Gasteiger partial charge >= 0.3 is 0 Å². The molecule has 0 saturated heterocycles. The first kappa shape index (κ1) is 17.1. The van der Waals surface area contributed by atoms with Gasteiger partial charge < -0.3 is 15.2 Å². The van der Waals surface area contributed by atoms with Crippen molar-refractivity contribution in [1.82, 2.24) is 15.1 Å². The van der Waals surface area contributed by atoms with Gasteiger partial charge in [-0.2, -0.15) is 5.10 Å². The summed E-state index contributed by atoms with van der Waals surface area (Å²) in [5, 5.41) is 18.2. The standard InChI is InChI=1S/C15H19Cl2N3O2/c1-11-7-19-20(9-11)5-4-18-8-13(21)10-22-15-3-2-12(16)6-14(15)17/h2-3,6-7,9,13,18,21H,4-5,8,10H2,1H3/t13-/m1/s1. The van der Waals surface area contributed by atoms with Crippen molar-refractivity contribution in [3.05, 3.63) is 46.2 Å². The van der Waals surface area contributed by atoms with Crippen LogP contribution in [0.25, 0.3) is 0 Å². The molecule has 22 heavy (non-hydrogen) atoms. The molecular formula is C15H19Cl2N3O2. The van der Waals surface area contributed by atoms with Crippen molar-refractivity contribution in [2.75, 3.05) is 19.7 Å². The molecular weight excluding hydrogens is 325 g/mol. The molecule has 0 radical (unpaired) electrons. The minimum atomic E-state index is -0.619. The normalized spacial score (nSPS) is 12.4. The largest absolute Gasteiger partial charge is 0.489 e. The van der Waals surface area contributed by atoms with E-state index in [4.69, 9.17) is 27.9 Å². The molecule has 1 heterocycles. The quantitative estimate of drug-likeness (QED) is 0.723. The van der Waals surface area contributed by atoms with Crippen LogP contribution >= 0.6 is 23.2 Å². The van der Waals surface area contributed by atoms with Gasteiger partial charge in [0.05, 0.1) is 17.8 Å². The Labute approximate surface area is 139 Å². The van der Waals surface area contributed by atoms with Crippen LogP contribution in [0.4, 0.5) is 0 Å². The highest BCUT2D eigenvalue weighted by Crippen LogP contribution is 2.27. The second-order valence-corrected chi connectivity index (χ2v) is 5.87. The minimum absolute atomic E-state index is 0.162. The Bertz CT molecular complexity index is 604. The zero-order chi connectivity index (χ0) is 15.9. The number of halogens is 2. The molecule has 0 saturated carbocycles. The van der Waals surface area contributed by atoms with E-state index in [1.165, 1.54) is 0 Å². The van der Waals surface area contributed by atoms with Crippen molar-refractivity contribution in [3.63, 3.8) is 0 Å². The van der Waals surface area contributed by atoms with E-state index in [2.05, 4.69) is 10.4 Å². The monoisotopic (exact) mass is 343 g/mol. The van der Waals surface area contributed by atoms with Crippen LogP contribution < -0.4 is 10.1 Å². The van der Waals surface area contributed by atoms with E-state index in [0.29, 0.717) is 22.3 Å². The zero-order valence-corrected chi connectivity index (χ0v) is 13.8. The molecule has 0 unspecified atom stereocenters. The fourth-order valence-electron chi connectivity index (χ4n) is 1.89. The molecule has 2 aromatic rings. The van der Waals surface area contributed by atoms with Gasteiger partial charge in [0.2, 0.25) is 0 Å². The molecule has 0 aliphatic rings. The zero-order valence-electron chi connectivity index (χ0n) is 12.3. The number of nitrogens with zero attached hydrogens (tertiary/aromatic N) is 2. The summed E-state index contributed by atoms with van der Waals surface area (Å²) in [6, 6.07) is 4.99. The minimum Gasteiger partial charge on any atom is -0.489 e. The molecule has 0 fully saturated rings. The summed E-state index contributed by atoms with van der Waals surface area (Å²) in [5.74, 6) is 0.511. The molecule has 0 aliphatic heterocycles. The molecule has 7 heteroatoms. The van der Waals surface area contributed by atoms with E-state index in [0.717, 1.165) is 18.7 Å². The summed E-state index contributed by atoms with van der Waals surface area (Å²) in [6.45, 7) is 4.07. The molecule has 120 valence electrons. The van der Waals surface area contributed by atoms with Gasteiger partial charge in [-0.25, -0.2) is 0 Å². The summed E-state index contributed by atoms with van der Waals surface area (Å²) < 4.78 is 7.33. The van der Waals surface area contributed by atoms with E-state index < -0.39 is 6.10 Å². The van der Waals surface area contributed by atoms with Crippen molar-refractivity contribution < 1.29 is 9.84 Å². The van der Waals surface area contributed by atoms with Gasteiger partial charge in [-0.15, -0.1) is 0 Å². The van der Waals surface area contributed by atoms with Gasteiger partial charge in [0, 0.05) is 24.3 Å². The third-order valence-corrected chi connectivity index (χ3v) is 3.52. The number of hydrogen-bond donors (Lipinski definition) is 2. The predicted molar refractivity (Wildman–Crippen MR) is 87.8 cm³/mol. The average molecular weight is 344 g/mol. The van der Waals surface area contributed by atoms with Gasteiger partial charge in [-0.1, -0.05) is 23.2 Å². The summed E-state index contributed by atoms with van der Waals surface area (Å²) in [4.78, 5) is 0. The van der Waals surface area contributed by atoms with Crippen molar-refractivity contribution in [1.29, 1.82) is 0 Å². The molecule has 5 nitrogen and oxygen atoms in total. The Morgan fingerprint density at radius 2 is 2.23 bits per heavy atom. The van der Waals surface area contributed by atoms with Crippen LogP contribution in [-0.2, 0) is 6.54 Å². The molecule has 0 spiro atoms. The van der Waals surface area contributed by atoms with E-state index >= 15 is 0 Å². The third kappa shape index (κ3) is 5.50. The first-order valence-electron chi connectivity index (χ1n) is 7.00. The fourth-order valence-corrected chi connectivity index (χ4v) is 2.35. The second kappa shape index (κ2) is 8.39.